The largest absolute Gasteiger partial charge is 0.493 e. The minimum absolute atomic E-state index is 0.00349. The molecule has 146 valence electrons. The van der Waals surface area contributed by atoms with Gasteiger partial charge in [0.25, 0.3) is 5.56 Å². The number of carboxylic acid groups (broad SMARTS) is 2. The fourth-order valence-electron chi connectivity index (χ4n) is 2.74. The molecule has 0 radical (unpaired) electrons. The van der Waals surface area contributed by atoms with Gasteiger partial charge in [-0.1, -0.05) is 0 Å². The van der Waals surface area contributed by atoms with Gasteiger partial charge in [-0.2, -0.15) is 0 Å². The van der Waals surface area contributed by atoms with Crippen LogP contribution < -0.4 is 25.5 Å². The molecule has 1 heterocycles. The summed E-state index contributed by atoms with van der Waals surface area (Å²) < 4.78 is 16.0. The predicted molar refractivity (Wildman–Crippen MR) is 92.0 cm³/mol. The lowest BCUT2D eigenvalue weighted by atomic mass is 10.1. The average Bonchev–Trinajstić information content (AvgIpc) is 2.62. The van der Waals surface area contributed by atoms with Crippen LogP contribution in [0.4, 0.5) is 0 Å². The van der Waals surface area contributed by atoms with Crippen molar-refractivity contribution in [3.05, 3.63) is 26.9 Å². The van der Waals surface area contributed by atoms with Gasteiger partial charge in [-0.25, -0.2) is 14.2 Å². The Balaban J connectivity index is 2.84. The normalized spacial score (nSPS) is 11.8. The molecule has 0 fully saturated rings. The van der Waals surface area contributed by atoms with Crippen LogP contribution in [0.3, 0.4) is 0 Å². The van der Waals surface area contributed by atoms with Gasteiger partial charge in [-0.3, -0.25) is 9.59 Å². The molecule has 27 heavy (non-hydrogen) atoms. The fraction of sp³-hybridized carbons (Fsp3) is 0.375. The summed E-state index contributed by atoms with van der Waals surface area (Å²) in [5.41, 5.74) is -1.94. The number of hydrogen-bond donors (Lipinski definition) is 3. The van der Waals surface area contributed by atoms with Crippen LogP contribution in [0.1, 0.15) is 18.9 Å². The summed E-state index contributed by atoms with van der Waals surface area (Å²) in [5, 5.41) is 18.1. The number of ether oxygens (including phenoxy) is 3. The van der Waals surface area contributed by atoms with Gasteiger partial charge in [0, 0.05) is 6.42 Å². The lowest BCUT2D eigenvalue weighted by Crippen LogP contribution is -2.41. The molecule has 1 atom stereocenters. The zero-order chi connectivity index (χ0) is 20.3. The second-order valence-corrected chi connectivity index (χ2v) is 5.46. The van der Waals surface area contributed by atoms with Gasteiger partial charge < -0.3 is 29.4 Å². The minimum Gasteiger partial charge on any atom is -0.493 e. The first-order valence-electron chi connectivity index (χ1n) is 7.68. The van der Waals surface area contributed by atoms with E-state index in [1.54, 1.807) is 0 Å². The topological polar surface area (TPSA) is 157 Å². The Hall–Kier alpha value is -3.50. The van der Waals surface area contributed by atoms with Crippen LogP contribution in [0.2, 0.25) is 0 Å². The molecule has 0 aliphatic rings. The first-order valence-corrected chi connectivity index (χ1v) is 7.68. The number of nitrogens with zero attached hydrogens (tertiary/aromatic N) is 1. The number of nitrogens with one attached hydrogen (secondary N) is 1. The summed E-state index contributed by atoms with van der Waals surface area (Å²) in [6, 6.07) is -0.373. The highest BCUT2D eigenvalue weighted by atomic mass is 16.5. The summed E-state index contributed by atoms with van der Waals surface area (Å²) in [4.78, 5) is 50.0. The average molecular weight is 382 g/mol. The monoisotopic (exact) mass is 382 g/mol. The van der Waals surface area contributed by atoms with E-state index in [9.17, 15) is 24.3 Å². The molecule has 1 aromatic carbocycles. The molecule has 1 aromatic heterocycles. The highest BCUT2D eigenvalue weighted by Gasteiger charge is 2.27. The molecule has 0 aliphatic heterocycles. The van der Waals surface area contributed by atoms with E-state index >= 15 is 0 Å². The van der Waals surface area contributed by atoms with Crippen molar-refractivity contribution in [2.24, 2.45) is 0 Å². The fourth-order valence-corrected chi connectivity index (χ4v) is 2.74. The van der Waals surface area contributed by atoms with Crippen molar-refractivity contribution >= 4 is 22.8 Å². The molecular weight excluding hydrogens is 364 g/mol. The van der Waals surface area contributed by atoms with Gasteiger partial charge in [0.15, 0.2) is 11.5 Å². The maximum atomic E-state index is 12.9. The van der Waals surface area contributed by atoms with E-state index in [1.807, 2.05) is 0 Å². The predicted octanol–water partition coefficient (Wildman–Crippen LogP) is 0.206. The van der Waals surface area contributed by atoms with Crippen LogP contribution in [0.5, 0.6) is 17.2 Å². The standard InChI is InChI=1S/C16H18N2O9/c1-25-9-6-7-11(13(27-3)12(9)26-2)17-16(24)18(14(7)21)8(15(22)23)4-5-10(19)20/h6,8H,4-5H2,1-3H3,(H,17,24)(H,19,20)(H,22,23)/t8-/m0/s1. The van der Waals surface area contributed by atoms with E-state index in [-0.39, 0.29) is 28.2 Å². The number of aromatic nitrogens is 2. The van der Waals surface area contributed by atoms with Crippen LogP contribution in [-0.2, 0) is 9.59 Å². The second-order valence-electron chi connectivity index (χ2n) is 5.46. The summed E-state index contributed by atoms with van der Waals surface area (Å²) in [5.74, 6) is -2.45. The Labute approximate surface area is 151 Å². The van der Waals surface area contributed by atoms with Crippen LogP contribution in [0, 0.1) is 0 Å². The third kappa shape index (κ3) is 3.57. The molecule has 2 rings (SSSR count). The number of fused-ring (bicyclic) bond motifs is 1. The third-order valence-corrected chi connectivity index (χ3v) is 3.96. The Bertz CT molecular complexity index is 1010. The van der Waals surface area contributed by atoms with E-state index in [1.165, 1.54) is 27.4 Å². The van der Waals surface area contributed by atoms with E-state index in [0.717, 1.165) is 0 Å². The number of carbonyl (C=O) groups is 2. The summed E-state index contributed by atoms with van der Waals surface area (Å²) in [6.45, 7) is 0. The number of aromatic amines is 1. The van der Waals surface area contributed by atoms with Gasteiger partial charge in [0.05, 0.1) is 26.7 Å². The van der Waals surface area contributed by atoms with Crippen LogP contribution in [-0.4, -0.2) is 53.0 Å². The first-order chi connectivity index (χ1) is 12.8. The highest BCUT2D eigenvalue weighted by molar-refractivity contribution is 5.89. The Kier molecular flexibility index (Phi) is 5.73. The maximum absolute atomic E-state index is 12.9. The number of carboxylic acids is 2. The zero-order valence-corrected chi connectivity index (χ0v) is 14.8. The Morgan fingerprint density at radius 3 is 2.22 bits per heavy atom. The van der Waals surface area contributed by atoms with E-state index in [4.69, 9.17) is 19.3 Å². The summed E-state index contributed by atoms with van der Waals surface area (Å²) in [7, 11) is 3.98. The molecule has 0 unspecified atom stereocenters. The molecule has 0 saturated heterocycles. The molecular formula is C16H18N2O9. The lowest BCUT2D eigenvalue weighted by molar-refractivity contribution is -0.142. The lowest BCUT2D eigenvalue weighted by Gasteiger charge is -2.17. The van der Waals surface area contributed by atoms with E-state index in [2.05, 4.69) is 4.98 Å². The molecule has 0 bridgehead atoms. The van der Waals surface area contributed by atoms with Crippen LogP contribution in [0.25, 0.3) is 10.9 Å². The second kappa shape index (κ2) is 7.81. The Morgan fingerprint density at radius 1 is 1.11 bits per heavy atom. The highest BCUT2D eigenvalue weighted by Crippen LogP contribution is 2.41. The van der Waals surface area contributed by atoms with Gasteiger partial charge in [0.1, 0.15) is 11.6 Å². The molecule has 0 amide bonds. The smallest absolute Gasteiger partial charge is 0.329 e. The number of methoxy groups -OCH3 is 3. The van der Waals surface area contributed by atoms with Crippen molar-refractivity contribution in [1.29, 1.82) is 0 Å². The molecule has 11 heteroatoms. The van der Waals surface area contributed by atoms with Gasteiger partial charge in [0.2, 0.25) is 5.75 Å². The number of hydrogen-bond acceptors (Lipinski definition) is 7. The van der Waals surface area contributed by atoms with E-state index in [0.29, 0.717) is 4.57 Å². The SMILES string of the molecule is COc1cc2c(=O)n([C@@H](CCC(=O)O)C(=O)O)c(=O)[nH]c2c(OC)c1OC. The van der Waals surface area contributed by atoms with Crippen molar-refractivity contribution in [3.63, 3.8) is 0 Å². The number of rotatable bonds is 8. The minimum atomic E-state index is -1.65. The number of benzene rings is 1. The maximum Gasteiger partial charge on any atom is 0.329 e. The molecule has 0 spiro atoms. The van der Waals surface area contributed by atoms with Crippen molar-refractivity contribution in [1.82, 2.24) is 9.55 Å². The van der Waals surface area contributed by atoms with Crippen LogP contribution in [0.15, 0.2) is 15.7 Å². The molecule has 3 N–H and O–H groups in total. The third-order valence-electron chi connectivity index (χ3n) is 3.96. The first kappa shape index (κ1) is 19.8. The number of aliphatic carboxylic acids is 2. The summed E-state index contributed by atoms with van der Waals surface area (Å²) in [6.07, 6.45) is -0.972. The quantitative estimate of drug-likeness (QED) is 0.580. The molecule has 11 nitrogen and oxygen atoms in total. The van der Waals surface area contributed by atoms with Gasteiger partial charge in [-0.15, -0.1) is 0 Å². The summed E-state index contributed by atoms with van der Waals surface area (Å²) >= 11 is 0. The van der Waals surface area contributed by atoms with Crippen molar-refractivity contribution in [2.75, 3.05) is 21.3 Å². The zero-order valence-electron chi connectivity index (χ0n) is 14.8. The van der Waals surface area contributed by atoms with Gasteiger partial charge >= 0.3 is 17.6 Å². The van der Waals surface area contributed by atoms with Crippen LogP contribution >= 0.6 is 0 Å². The van der Waals surface area contributed by atoms with Crippen molar-refractivity contribution in [3.8, 4) is 17.2 Å². The van der Waals surface area contributed by atoms with Gasteiger partial charge in [-0.05, 0) is 12.5 Å². The molecule has 0 aliphatic carbocycles. The van der Waals surface area contributed by atoms with Crippen molar-refractivity contribution < 1.29 is 34.0 Å². The van der Waals surface area contributed by atoms with Crippen molar-refractivity contribution in [2.45, 2.75) is 18.9 Å². The Morgan fingerprint density at radius 2 is 1.74 bits per heavy atom. The molecule has 0 saturated carbocycles. The molecule has 2 aromatic rings. The van der Waals surface area contributed by atoms with E-state index < -0.39 is 42.1 Å². The number of H-pyrrole nitrogens is 1.